The van der Waals surface area contributed by atoms with E-state index in [-0.39, 0.29) is 0 Å². The first-order valence-corrected chi connectivity index (χ1v) is 12.8. The topological polar surface area (TPSA) is 32.3 Å². The number of unbranched alkanes of at least 4 members (excludes halogenated alkanes) is 16. The van der Waals surface area contributed by atoms with E-state index in [4.69, 9.17) is 0 Å². The fourth-order valence-electron chi connectivity index (χ4n) is 4.00. The third-order valence-electron chi connectivity index (χ3n) is 5.98. The van der Waals surface area contributed by atoms with Crippen LogP contribution >= 0.6 is 0 Å². The predicted octanol–water partition coefficient (Wildman–Crippen LogP) is 8.18. The Balaban J connectivity index is 1.69. The summed E-state index contributed by atoms with van der Waals surface area (Å²) in [5, 5.41) is 12.8. The Bertz CT molecular complexity index is 442. The maximum Gasteiger partial charge on any atom is 0.115 e. The molecule has 0 heterocycles. The summed E-state index contributed by atoms with van der Waals surface area (Å²) in [4.78, 5) is 0. The molecule has 0 fully saturated rings. The number of phenolic OH excluding ortho intramolecular Hbond substituents is 1. The number of aromatic hydroxyl groups is 1. The molecule has 0 spiro atoms. The molecule has 0 saturated carbocycles. The highest BCUT2D eigenvalue weighted by molar-refractivity contribution is 5.25. The number of nitrogens with one attached hydrogen (secondary N) is 1. The van der Waals surface area contributed by atoms with E-state index in [2.05, 4.69) is 12.2 Å². The summed E-state index contributed by atoms with van der Waals surface area (Å²) in [6.45, 7) is 4.46. The van der Waals surface area contributed by atoms with Gasteiger partial charge in [0, 0.05) is 0 Å². The van der Waals surface area contributed by atoms with Crippen LogP contribution in [0.15, 0.2) is 24.3 Å². The number of benzene rings is 1. The van der Waals surface area contributed by atoms with E-state index in [9.17, 15) is 5.11 Å². The Morgan fingerprint density at radius 2 is 0.966 bits per heavy atom. The van der Waals surface area contributed by atoms with Crippen molar-refractivity contribution in [2.75, 3.05) is 13.1 Å². The molecule has 0 atom stereocenters. The zero-order valence-electron chi connectivity index (χ0n) is 19.4. The number of rotatable bonds is 21. The summed E-state index contributed by atoms with van der Waals surface area (Å²) in [5.74, 6) is 0.352. The minimum atomic E-state index is 0.352. The van der Waals surface area contributed by atoms with Gasteiger partial charge in [-0.05, 0) is 43.6 Å². The smallest absolute Gasteiger partial charge is 0.115 e. The largest absolute Gasteiger partial charge is 0.508 e. The average molecular weight is 404 g/mol. The van der Waals surface area contributed by atoms with Gasteiger partial charge >= 0.3 is 0 Å². The Morgan fingerprint density at radius 3 is 1.41 bits per heavy atom. The molecule has 1 aromatic carbocycles. The van der Waals surface area contributed by atoms with Gasteiger partial charge < -0.3 is 10.4 Å². The van der Waals surface area contributed by atoms with E-state index in [1.54, 1.807) is 12.1 Å². The first-order chi connectivity index (χ1) is 14.3. The van der Waals surface area contributed by atoms with E-state index in [0.29, 0.717) is 5.75 Å². The number of hydrogen-bond donors (Lipinski definition) is 2. The second kappa shape index (κ2) is 20.3. The lowest BCUT2D eigenvalue weighted by Gasteiger charge is -2.06. The normalized spacial score (nSPS) is 11.2. The Hall–Kier alpha value is -1.02. The van der Waals surface area contributed by atoms with Crippen LogP contribution in [0.3, 0.4) is 0 Å². The van der Waals surface area contributed by atoms with Gasteiger partial charge in [-0.1, -0.05) is 122 Å². The lowest BCUT2D eigenvalue weighted by Crippen LogP contribution is -2.18. The molecule has 0 aliphatic carbocycles. The van der Waals surface area contributed by atoms with Gasteiger partial charge in [-0.25, -0.2) is 0 Å². The molecule has 0 bridgehead atoms. The Labute approximate surface area is 181 Å². The van der Waals surface area contributed by atoms with Gasteiger partial charge in [-0.15, -0.1) is 0 Å². The van der Waals surface area contributed by atoms with E-state index in [0.717, 1.165) is 19.5 Å². The molecule has 0 saturated heterocycles. The first kappa shape index (κ1) is 26.0. The highest BCUT2D eigenvalue weighted by atomic mass is 16.3. The fourth-order valence-corrected chi connectivity index (χ4v) is 4.00. The summed E-state index contributed by atoms with van der Waals surface area (Å²) in [5.41, 5.74) is 1.29. The second-order valence-electron chi connectivity index (χ2n) is 8.82. The lowest BCUT2D eigenvalue weighted by atomic mass is 10.0. The first-order valence-electron chi connectivity index (χ1n) is 12.8. The summed E-state index contributed by atoms with van der Waals surface area (Å²) < 4.78 is 0. The lowest BCUT2D eigenvalue weighted by molar-refractivity contribution is 0.475. The van der Waals surface area contributed by atoms with Gasteiger partial charge in [0.05, 0.1) is 0 Å². The van der Waals surface area contributed by atoms with Gasteiger partial charge in [-0.2, -0.15) is 0 Å². The van der Waals surface area contributed by atoms with E-state index in [1.807, 2.05) is 12.1 Å². The van der Waals surface area contributed by atoms with Crippen molar-refractivity contribution < 1.29 is 5.11 Å². The van der Waals surface area contributed by atoms with Gasteiger partial charge in [-0.3, -0.25) is 0 Å². The van der Waals surface area contributed by atoms with Crippen LogP contribution in [0.2, 0.25) is 0 Å². The number of phenols is 1. The predicted molar refractivity (Wildman–Crippen MR) is 129 cm³/mol. The van der Waals surface area contributed by atoms with Crippen LogP contribution < -0.4 is 5.32 Å². The Morgan fingerprint density at radius 1 is 0.552 bits per heavy atom. The van der Waals surface area contributed by atoms with Crippen molar-refractivity contribution in [1.29, 1.82) is 0 Å². The molecule has 1 rings (SSSR count). The van der Waals surface area contributed by atoms with E-state index in [1.165, 1.54) is 115 Å². The minimum absolute atomic E-state index is 0.352. The van der Waals surface area contributed by atoms with Crippen molar-refractivity contribution in [1.82, 2.24) is 5.32 Å². The summed E-state index contributed by atoms with van der Waals surface area (Å²) in [6.07, 6.45) is 25.4. The molecule has 0 unspecified atom stereocenters. The summed E-state index contributed by atoms with van der Waals surface area (Å²) >= 11 is 0. The minimum Gasteiger partial charge on any atom is -0.508 e. The molecule has 0 amide bonds. The standard InChI is InChI=1S/C27H49NO/c1-2-3-4-5-6-7-8-9-10-11-12-13-14-15-16-17-18-24-28-25-23-26-19-21-27(29)22-20-26/h19-22,28-29H,2-18,23-25H2,1H3. The van der Waals surface area contributed by atoms with Crippen LogP contribution in [0, 0.1) is 0 Å². The second-order valence-corrected chi connectivity index (χ2v) is 8.82. The quantitative estimate of drug-likeness (QED) is 0.203. The van der Waals surface area contributed by atoms with Crippen LogP contribution in [-0.4, -0.2) is 18.2 Å². The van der Waals surface area contributed by atoms with Crippen LogP contribution in [0.25, 0.3) is 0 Å². The van der Waals surface area contributed by atoms with Gasteiger partial charge in [0.25, 0.3) is 0 Å². The zero-order valence-corrected chi connectivity index (χ0v) is 19.4. The van der Waals surface area contributed by atoms with Gasteiger partial charge in [0.15, 0.2) is 0 Å². The van der Waals surface area contributed by atoms with Crippen molar-refractivity contribution in [2.45, 2.75) is 122 Å². The highest BCUT2D eigenvalue weighted by Gasteiger charge is 1.96. The molecule has 0 aliphatic heterocycles. The number of hydrogen-bond acceptors (Lipinski definition) is 2. The molecule has 0 radical (unpaired) electrons. The highest BCUT2D eigenvalue weighted by Crippen LogP contribution is 2.14. The molecule has 168 valence electrons. The maximum absolute atomic E-state index is 9.28. The zero-order chi connectivity index (χ0) is 20.8. The van der Waals surface area contributed by atoms with Crippen LogP contribution in [0.1, 0.15) is 122 Å². The Kier molecular flexibility index (Phi) is 18.2. The third kappa shape index (κ3) is 17.5. The summed E-state index contributed by atoms with van der Waals surface area (Å²) in [7, 11) is 0. The van der Waals surface area contributed by atoms with E-state index < -0.39 is 0 Å². The molecule has 2 nitrogen and oxygen atoms in total. The van der Waals surface area contributed by atoms with Gasteiger partial charge in [0.2, 0.25) is 0 Å². The van der Waals surface area contributed by atoms with Crippen molar-refractivity contribution in [3.05, 3.63) is 29.8 Å². The van der Waals surface area contributed by atoms with Crippen molar-refractivity contribution in [2.24, 2.45) is 0 Å². The molecule has 2 heteroatoms. The third-order valence-corrected chi connectivity index (χ3v) is 5.98. The van der Waals surface area contributed by atoms with Gasteiger partial charge in [0.1, 0.15) is 5.75 Å². The van der Waals surface area contributed by atoms with Crippen LogP contribution in [0.5, 0.6) is 5.75 Å². The maximum atomic E-state index is 9.28. The fraction of sp³-hybridized carbons (Fsp3) is 0.778. The molecule has 1 aromatic rings. The van der Waals surface area contributed by atoms with Crippen molar-refractivity contribution in [3.63, 3.8) is 0 Å². The van der Waals surface area contributed by atoms with E-state index >= 15 is 0 Å². The molecule has 29 heavy (non-hydrogen) atoms. The molecule has 2 N–H and O–H groups in total. The van der Waals surface area contributed by atoms with Crippen molar-refractivity contribution in [3.8, 4) is 5.75 Å². The average Bonchev–Trinajstić information content (AvgIpc) is 2.73. The monoisotopic (exact) mass is 403 g/mol. The molecule has 0 aromatic heterocycles. The van der Waals surface area contributed by atoms with Crippen LogP contribution in [0.4, 0.5) is 0 Å². The van der Waals surface area contributed by atoms with Crippen LogP contribution in [-0.2, 0) is 6.42 Å². The molecular formula is C27H49NO. The summed E-state index contributed by atoms with van der Waals surface area (Å²) in [6, 6.07) is 7.55. The molecule has 0 aliphatic rings. The molecular weight excluding hydrogens is 354 g/mol. The SMILES string of the molecule is CCCCCCCCCCCCCCCCCCCNCCc1ccc(O)cc1. The van der Waals surface area contributed by atoms with Crippen molar-refractivity contribution >= 4 is 0 Å².